The number of rotatable bonds is 1. The molecule has 2 rings (SSSR count). The van der Waals surface area contributed by atoms with Crippen molar-refractivity contribution >= 4 is 22.0 Å². The minimum Gasteiger partial charge on any atom is -0.444 e. The van der Waals surface area contributed by atoms with Crippen molar-refractivity contribution < 1.29 is 9.53 Å². The van der Waals surface area contributed by atoms with Crippen LogP contribution >= 0.6 is 15.9 Å². The van der Waals surface area contributed by atoms with Crippen molar-refractivity contribution in [2.75, 3.05) is 0 Å². The van der Waals surface area contributed by atoms with Crippen LogP contribution in [-0.4, -0.2) is 11.7 Å². The Bertz CT molecular complexity index is 480. The van der Waals surface area contributed by atoms with Gasteiger partial charge in [0.05, 0.1) is 6.04 Å². The fourth-order valence-corrected chi connectivity index (χ4v) is 2.98. The van der Waals surface area contributed by atoms with Crippen molar-refractivity contribution in [1.29, 1.82) is 0 Å². The van der Waals surface area contributed by atoms with E-state index in [4.69, 9.17) is 4.74 Å². The fourth-order valence-electron chi connectivity index (χ4n) is 2.40. The maximum absolute atomic E-state index is 11.9. The van der Waals surface area contributed by atoms with Crippen LogP contribution in [0.25, 0.3) is 0 Å². The molecule has 4 heteroatoms. The zero-order valence-electron chi connectivity index (χ0n) is 11.6. The quantitative estimate of drug-likeness (QED) is 0.833. The molecule has 0 radical (unpaired) electrons. The third kappa shape index (κ3) is 3.72. The van der Waals surface area contributed by atoms with Crippen molar-refractivity contribution in [2.24, 2.45) is 0 Å². The van der Waals surface area contributed by atoms with Crippen LogP contribution in [0.15, 0.2) is 22.7 Å². The second-order valence-electron chi connectivity index (χ2n) is 5.90. The van der Waals surface area contributed by atoms with Gasteiger partial charge < -0.3 is 10.1 Å². The molecule has 3 nitrogen and oxygen atoms in total. The molecule has 1 aliphatic rings. The number of ether oxygens (including phenoxy) is 1. The van der Waals surface area contributed by atoms with E-state index in [0.29, 0.717) is 0 Å². The van der Waals surface area contributed by atoms with Crippen LogP contribution in [0.2, 0.25) is 0 Å². The van der Waals surface area contributed by atoms with E-state index in [1.165, 1.54) is 11.1 Å². The summed E-state index contributed by atoms with van der Waals surface area (Å²) in [5.41, 5.74) is 2.04. The molecular weight excluding hydrogens is 306 g/mol. The van der Waals surface area contributed by atoms with E-state index < -0.39 is 5.60 Å². The molecule has 0 heterocycles. The second kappa shape index (κ2) is 5.53. The summed E-state index contributed by atoms with van der Waals surface area (Å²) >= 11 is 3.58. The lowest BCUT2D eigenvalue weighted by Crippen LogP contribution is -2.36. The Morgan fingerprint density at radius 3 is 2.84 bits per heavy atom. The van der Waals surface area contributed by atoms with Gasteiger partial charge in [-0.25, -0.2) is 4.79 Å². The third-order valence-corrected chi connectivity index (χ3v) is 3.88. The maximum Gasteiger partial charge on any atom is 0.408 e. The van der Waals surface area contributed by atoms with Gasteiger partial charge in [0, 0.05) is 4.47 Å². The van der Waals surface area contributed by atoms with E-state index in [1.54, 1.807) is 0 Å². The van der Waals surface area contributed by atoms with Crippen molar-refractivity contribution in [2.45, 2.75) is 51.7 Å². The molecule has 1 N–H and O–H groups in total. The van der Waals surface area contributed by atoms with Crippen molar-refractivity contribution in [1.82, 2.24) is 5.32 Å². The summed E-state index contributed by atoms with van der Waals surface area (Å²) < 4.78 is 6.45. The average Bonchev–Trinajstić information content (AvgIpc) is 2.28. The number of hydrogen-bond donors (Lipinski definition) is 1. The zero-order chi connectivity index (χ0) is 14.0. The molecule has 1 unspecified atom stereocenters. The highest BCUT2D eigenvalue weighted by Crippen LogP contribution is 2.34. The summed E-state index contributed by atoms with van der Waals surface area (Å²) in [6.07, 6.45) is 2.76. The second-order valence-corrected chi connectivity index (χ2v) is 6.75. The van der Waals surface area contributed by atoms with Gasteiger partial charge in [0.2, 0.25) is 0 Å². The van der Waals surface area contributed by atoms with Gasteiger partial charge in [-0.2, -0.15) is 0 Å². The molecule has 0 spiro atoms. The number of hydrogen-bond acceptors (Lipinski definition) is 2. The Labute approximate surface area is 122 Å². The highest BCUT2D eigenvalue weighted by molar-refractivity contribution is 9.10. The summed E-state index contributed by atoms with van der Waals surface area (Å²) in [4.78, 5) is 11.9. The van der Waals surface area contributed by atoms with Crippen molar-refractivity contribution in [3.8, 4) is 0 Å². The molecule has 1 aromatic carbocycles. The molecule has 1 amide bonds. The number of halogens is 1. The number of fused-ring (bicyclic) bond motifs is 1. The summed E-state index contributed by atoms with van der Waals surface area (Å²) in [5, 5.41) is 2.98. The highest BCUT2D eigenvalue weighted by Gasteiger charge is 2.25. The lowest BCUT2D eigenvalue weighted by molar-refractivity contribution is 0.0498. The SMILES string of the molecule is CC(C)(C)OC(=O)NC1CCCc2c(Br)cccc21. The molecule has 1 aliphatic carbocycles. The topological polar surface area (TPSA) is 38.3 Å². The normalized spacial score (nSPS) is 18.6. The Kier molecular flexibility index (Phi) is 4.19. The number of alkyl carbamates (subject to hydrolysis) is 1. The van der Waals surface area contributed by atoms with Crippen LogP contribution in [0.4, 0.5) is 4.79 Å². The molecule has 0 saturated carbocycles. The Hall–Kier alpha value is -1.03. The van der Waals surface area contributed by atoms with E-state index in [0.717, 1.165) is 23.7 Å². The number of carbonyl (C=O) groups is 1. The first kappa shape index (κ1) is 14.4. The smallest absolute Gasteiger partial charge is 0.408 e. The van der Waals surface area contributed by atoms with Gasteiger partial charge >= 0.3 is 6.09 Å². The minimum atomic E-state index is -0.459. The van der Waals surface area contributed by atoms with Gasteiger partial charge in [-0.1, -0.05) is 28.1 Å². The monoisotopic (exact) mass is 325 g/mol. The molecule has 0 aromatic heterocycles. The molecule has 0 saturated heterocycles. The van der Waals surface area contributed by atoms with Gasteiger partial charge in [-0.3, -0.25) is 0 Å². The molecule has 104 valence electrons. The fraction of sp³-hybridized carbons (Fsp3) is 0.533. The molecule has 0 bridgehead atoms. The predicted octanol–water partition coefficient (Wildman–Crippen LogP) is 4.35. The van der Waals surface area contributed by atoms with Crippen LogP contribution in [0.1, 0.15) is 50.8 Å². The van der Waals surface area contributed by atoms with E-state index in [2.05, 4.69) is 33.4 Å². The maximum atomic E-state index is 11.9. The van der Waals surface area contributed by atoms with Crippen LogP contribution < -0.4 is 5.32 Å². The summed E-state index contributed by atoms with van der Waals surface area (Å²) in [5.74, 6) is 0. The Morgan fingerprint density at radius 1 is 1.42 bits per heavy atom. The molecule has 0 fully saturated rings. The standard InChI is InChI=1S/C15H20BrNO2/c1-15(2,3)19-14(18)17-13-9-5-6-10-11(13)7-4-8-12(10)16/h4,7-8,13H,5-6,9H2,1-3H3,(H,17,18). The predicted molar refractivity (Wildman–Crippen MR) is 79.2 cm³/mol. The van der Waals surface area contributed by atoms with Crippen LogP contribution in [-0.2, 0) is 11.2 Å². The van der Waals surface area contributed by atoms with Crippen LogP contribution in [0, 0.1) is 0 Å². The molecule has 1 atom stereocenters. The minimum absolute atomic E-state index is 0.0519. The first-order valence-corrected chi connectivity index (χ1v) is 7.43. The third-order valence-electron chi connectivity index (χ3n) is 3.14. The summed E-state index contributed by atoms with van der Waals surface area (Å²) in [7, 11) is 0. The Morgan fingerprint density at radius 2 is 2.16 bits per heavy atom. The van der Waals surface area contributed by atoms with Crippen LogP contribution in [0.5, 0.6) is 0 Å². The highest BCUT2D eigenvalue weighted by atomic mass is 79.9. The van der Waals surface area contributed by atoms with E-state index in [1.807, 2.05) is 26.8 Å². The van der Waals surface area contributed by atoms with Crippen LogP contribution in [0.3, 0.4) is 0 Å². The molecular formula is C15H20BrNO2. The number of amides is 1. The van der Waals surface area contributed by atoms with Gasteiger partial charge in [0.25, 0.3) is 0 Å². The van der Waals surface area contributed by atoms with E-state index in [-0.39, 0.29) is 12.1 Å². The molecule has 1 aromatic rings. The average molecular weight is 326 g/mol. The number of carbonyl (C=O) groups excluding carboxylic acids is 1. The van der Waals surface area contributed by atoms with Crippen molar-refractivity contribution in [3.05, 3.63) is 33.8 Å². The molecule has 19 heavy (non-hydrogen) atoms. The first-order valence-electron chi connectivity index (χ1n) is 6.63. The van der Waals surface area contributed by atoms with Gasteiger partial charge in [0.15, 0.2) is 0 Å². The van der Waals surface area contributed by atoms with Crippen molar-refractivity contribution in [3.63, 3.8) is 0 Å². The zero-order valence-corrected chi connectivity index (χ0v) is 13.2. The largest absolute Gasteiger partial charge is 0.444 e. The number of nitrogens with one attached hydrogen (secondary N) is 1. The van der Waals surface area contributed by atoms with E-state index >= 15 is 0 Å². The lowest BCUT2D eigenvalue weighted by atomic mass is 9.88. The van der Waals surface area contributed by atoms with E-state index in [9.17, 15) is 4.79 Å². The Balaban J connectivity index is 2.12. The summed E-state index contributed by atoms with van der Waals surface area (Å²) in [6, 6.07) is 6.20. The number of benzene rings is 1. The first-order chi connectivity index (χ1) is 8.87. The molecule has 0 aliphatic heterocycles. The van der Waals surface area contributed by atoms with Gasteiger partial charge in [-0.05, 0) is 57.2 Å². The summed E-state index contributed by atoms with van der Waals surface area (Å²) in [6.45, 7) is 5.62. The lowest BCUT2D eigenvalue weighted by Gasteiger charge is -2.28. The van der Waals surface area contributed by atoms with Gasteiger partial charge in [0.1, 0.15) is 5.60 Å². The van der Waals surface area contributed by atoms with Gasteiger partial charge in [-0.15, -0.1) is 0 Å².